The van der Waals surface area contributed by atoms with Crippen LogP contribution in [0, 0.1) is 5.82 Å². The fraction of sp³-hybridized carbons (Fsp3) is 0.462. The third-order valence-electron chi connectivity index (χ3n) is 3.38. The van der Waals surface area contributed by atoms with Crippen LogP contribution in [0.15, 0.2) is 18.2 Å². The van der Waals surface area contributed by atoms with Gasteiger partial charge in [-0.2, -0.15) is 0 Å². The van der Waals surface area contributed by atoms with Crippen LogP contribution < -0.4 is 5.32 Å². The standard InChI is InChI=1S/C13H16FNO2/c1-13(7-2-3-8-13)15-11-9(12(16)17)5-4-6-10(11)14/h4-6,15H,2-3,7-8H2,1H3,(H,16,17). The van der Waals surface area contributed by atoms with Gasteiger partial charge in [0.15, 0.2) is 0 Å². The molecular weight excluding hydrogens is 221 g/mol. The summed E-state index contributed by atoms with van der Waals surface area (Å²) in [5.74, 6) is -1.60. The first-order valence-electron chi connectivity index (χ1n) is 5.82. The van der Waals surface area contributed by atoms with Gasteiger partial charge in [0, 0.05) is 5.54 Å². The van der Waals surface area contributed by atoms with Gasteiger partial charge < -0.3 is 10.4 Å². The zero-order valence-corrected chi connectivity index (χ0v) is 9.79. The number of para-hydroxylation sites is 1. The van der Waals surface area contributed by atoms with Gasteiger partial charge >= 0.3 is 5.97 Å². The van der Waals surface area contributed by atoms with Gasteiger partial charge in [0.2, 0.25) is 0 Å². The van der Waals surface area contributed by atoms with E-state index in [1.165, 1.54) is 18.2 Å². The Morgan fingerprint density at radius 1 is 1.41 bits per heavy atom. The highest BCUT2D eigenvalue weighted by atomic mass is 19.1. The van der Waals surface area contributed by atoms with Crippen LogP contribution in [0.5, 0.6) is 0 Å². The lowest BCUT2D eigenvalue weighted by Crippen LogP contribution is -2.32. The topological polar surface area (TPSA) is 49.3 Å². The smallest absolute Gasteiger partial charge is 0.337 e. The molecule has 92 valence electrons. The van der Waals surface area contributed by atoms with Crippen LogP contribution in [0.4, 0.5) is 10.1 Å². The number of hydrogen-bond acceptors (Lipinski definition) is 2. The molecule has 17 heavy (non-hydrogen) atoms. The lowest BCUT2D eigenvalue weighted by atomic mass is 9.99. The van der Waals surface area contributed by atoms with E-state index in [0.29, 0.717) is 0 Å². The normalized spacial score (nSPS) is 18.0. The first-order valence-corrected chi connectivity index (χ1v) is 5.82. The number of nitrogens with one attached hydrogen (secondary N) is 1. The Hall–Kier alpha value is -1.58. The van der Waals surface area contributed by atoms with Crippen molar-refractivity contribution in [2.24, 2.45) is 0 Å². The molecule has 0 aliphatic heterocycles. The third kappa shape index (κ3) is 2.40. The maximum absolute atomic E-state index is 13.7. The number of benzene rings is 1. The fourth-order valence-electron chi connectivity index (χ4n) is 2.41. The molecule has 0 atom stereocenters. The van der Waals surface area contributed by atoms with Crippen molar-refractivity contribution in [2.75, 3.05) is 5.32 Å². The van der Waals surface area contributed by atoms with E-state index in [1.807, 2.05) is 6.92 Å². The minimum atomic E-state index is -1.10. The average Bonchev–Trinajstić information content (AvgIpc) is 2.68. The summed E-state index contributed by atoms with van der Waals surface area (Å²) in [5, 5.41) is 12.1. The van der Waals surface area contributed by atoms with E-state index in [2.05, 4.69) is 5.32 Å². The summed E-state index contributed by atoms with van der Waals surface area (Å²) in [5.41, 5.74) is -0.0747. The van der Waals surface area contributed by atoms with Crippen LogP contribution in [-0.2, 0) is 0 Å². The van der Waals surface area contributed by atoms with Crippen LogP contribution in [0.25, 0.3) is 0 Å². The molecule has 0 heterocycles. The Bertz CT molecular complexity index is 439. The second-order valence-corrected chi connectivity index (χ2v) is 4.86. The minimum Gasteiger partial charge on any atom is -0.478 e. The Labute approximate surface area is 99.7 Å². The highest BCUT2D eigenvalue weighted by Gasteiger charge is 2.30. The number of halogens is 1. The maximum atomic E-state index is 13.7. The van der Waals surface area contributed by atoms with Gasteiger partial charge in [0.05, 0.1) is 11.3 Å². The minimum absolute atomic E-state index is 0.00174. The van der Waals surface area contributed by atoms with E-state index in [9.17, 15) is 9.18 Å². The number of anilines is 1. The number of carbonyl (C=O) groups is 1. The van der Waals surface area contributed by atoms with Crippen molar-refractivity contribution >= 4 is 11.7 Å². The number of hydrogen-bond donors (Lipinski definition) is 2. The Morgan fingerprint density at radius 2 is 2.06 bits per heavy atom. The monoisotopic (exact) mass is 237 g/mol. The molecule has 1 saturated carbocycles. The molecule has 4 heteroatoms. The van der Waals surface area contributed by atoms with E-state index < -0.39 is 11.8 Å². The second-order valence-electron chi connectivity index (χ2n) is 4.86. The molecule has 1 aromatic carbocycles. The predicted molar refractivity (Wildman–Crippen MR) is 63.9 cm³/mol. The largest absolute Gasteiger partial charge is 0.478 e. The summed E-state index contributed by atoms with van der Waals surface area (Å²) >= 11 is 0. The number of carboxylic acids is 1. The molecule has 0 aromatic heterocycles. The molecule has 0 amide bonds. The van der Waals surface area contributed by atoms with Crippen LogP contribution in [0.1, 0.15) is 43.0 Å². The fourth-order valence-corrected chi connectivity index (χ4v) is 2.41. The van der Waals surface area contributed by atoms with Gasteiger partial charge in [-0.1, -0.05) is 18.9 Å². The summed E-state index contributed by atoms with van der Waals surface area (Å²) in [4.78, 5) is 11.0. The summed E-state index contributed by atoms with van der Waals surface area (Å²) < 4.78 is 13.7. The number of aromatic carboxylic acids is 1. The summed E-state index contributed by atoms with van der Waals surface area (Å²) in [6.45, 7) is 2.01. The molecule has 0 bridgehead atoms. The van der Waals surface area contributed by atoms with E-state index in [-0.39, 0.29) is 16.8 Å². The van der Waals surface area contributed by atoms with E-state index >= 15 is 0 Å². The quantitative estimate of drug-likeness (QED) is 0.848. The third-order valence-corrected chi connectivity index (χ3v) is 3.38. The lowest BCUT2D eigenvalue weighted by molar-refractivity contribution is 0.0697. The molecule has 1 fully saturated rings. The molecule has 1 aliphatic carbocycles. The zero-order chi connectivity index (χ0) is 12.5. The van der Waals surface area contributed by atoms with Gasteiger partial charge in [-0.05, 0) is 31.9 Å². The van der Waals surface area contributed by atoms with Crippen molar-refractivity contribution in [2.45, 2.75) is 38.1 Å². The van der Waals surface area contributed by atoms with E-state index in [0.717, 1.165) is 25.7 Å². The molecule has 0 radical (unpaired) electrons. The van der Waals surface area contributed by atoms with Crippen molar-refractivity contribution in [3.05, 3.63) is 29.6 Å². The summed E-state index contributed by atoms with van der Waals surface area (Å²) in [6.07, 6.45) is 4.08. The van der Waals surface area contributed by atoms with Crippen molar-refractivity contribution in [1.82, 2.24) is 0 Å². The van der Waals surface area contributed by atoms with Gasteiger partial charge in [-0.25, -0.2) is 9.18 Å². The summed E-state index contributed by atoms with van der Waals surface area (Å²) in [6, 6.07) is 4.13. The van der Waals surface area contributed by atoms with Crippen molar-refractivity contribution in [1.29, 1.82) is 0 Å². The Morgan fingerprint density at radius 3 is 2.65 bits per heavy atom. The molecule has 1 aliphatic rings. The molecule has 2 N–H and O–H groups in total. The molecule has 0 spiro atoms. The number of carboxylic acid groups (broad SMARTS) is 1. The van der Waals surface area contributed by atoms with Crippen molar-refractivity contribution in [3.8, 4) is 0 Å². The first kappa shape index (κ1) is 11.9. The van der Waals surface area contributed by atoms with Crippen molar-refractivity contribution < 1.29 is 14.3 Å². The predicted octanol–water partition coefficient (Wildman–Crippen LogP) is 3.27. The van der Waals surface area contributed by atoms with Gasteiger partial charge in [0.1, 0.15) is 5.82 Å². The Balaban J connectivity index is 2.34. The van der Waals surface area contributed by atoms with Gasteiger partial charge in [-0.3, -0.25) is 0 Å². The zero-order valence-electron chi connectivity index (χ0n) is 9.79. The SMILES string of the molecule is CC1(Nc2c(F)cccc2C(=O)O)CCCC1. The van der Waals surface area contributed by atoms with E-state index in [1.54, 1.807) is 0 Å². The molecule has 0 unspecified atom stereocenters. The summed E-state index contributed by atoms with van der Waals surface area (Å²) in [7, 11) is 0. The highest BCUT2D eigenvalue weighted by molar-refractivity contribution is 5.94. The molecule has 0 saturated heterocycles. The van der Waals surface area contributed by atoms with Crippen LogP contribution in [-0.4, -0.2) is 16.6 Å². The van der Waals surface area contributed by atoms with Crippen molar-refractivity contribution in [3.63, 3.8) is 0 Å². The van der Waals surface area contributed by atoms with Gasteiger partial charge in [-0.15, -0.1) is 0 Å². The van der Waals surface area contributed by atoms with Crippen LogP contribution in [0.2, 0.25) is 0 Å². The Kier molecular flexibility index (Phi) is 3.05. The number of rotatable bonds is 3. The van der Waals surface area contributed by atoms with E-state index in [4.69, 9.17) is 5.11 Å². The first-order chi connectivity index (χ1) is 8.02. The molecule has 2 rings (SSSR count). The maximum Gasteiger partial charge on any atom is 0.337 e. The molecule has 3 nitrogen and oxygen atoms in total. The lowest BCUT2D eigenvalue weighted by Gasteiger charge is -2.27. The molecular formula is C13H16FNO2. The van der Waals surface area contributed by atoms with Crippen LogP contribution >= 0.6 is 0 Å². The molecule has 1 aromatic rings. The van der Waals surface area contributed by atoms with Gasteiger partial charge in [0.25, 0.3) is 0 Å². The second kappa shape index (κ2) is 4.35. The average molecular weight is 237 g/mol. The highest BCUT2D eigenvalue weighted by Crippen LogP contribution is 2.34. The van der Waals surface area contributed by atoms with Crippen LogP contribution in [0.3, 0.4) is 0 Å².